The Morgan fingerprint density at radius 1 is 1.06 bits per heavy atom. The van der Waals surface area contributed by atoms with Gasteiger partial charge >= 0.3 is 0 Å². The number of carbonyl (C=O) groups is 1. The van der Waals surface area contributed by atoms with Gasteiger partial charge in [-0.15, -0.1) is 0 Å². The second-order valence-electron chi connectivity index (χ2n) is 6.97. The van der Waals surface area contributed by atoms with Gasteiger partial charge in [0.05, 0.1) is 31.7 Å². The third kappa shape index (κ3) is 5.32. The van der Waals surface area contributed by atoms with Gasteiger partial charge < -0.3 is 4.90 Å². The number of fused-ring (bicyclic) bond motifs is 1. The van der Waals surface area contributed by atoms with E-state index in [1.165, 1.54) is 16.2 Å². The smallest absolute Gasteiger partial charge is 0.277 e. The van der Waals surface area contributed by atoms with Crippen molar-refractivity contribution in [2.24, 2.45) is 0 Å². The Kier molecular flexibility index (Phi) is 6.78. The van der Waals surface area contributed by atoms with Crippen LogP contribution in [0.15, 0.2) is 36.4 Å². The lowest BCUT2D eigenvalue weighted by Gasteiger charge is -2.21. The van der Waals surface area contributed by atoms with E-state index in [0.717, 1.165) is 22.9 Å². The Labute approximate surface area is 186 Å². The van der Waals surface area contributed by atoms with Crippen molar-refractivity contribution in [2.75, 3.05) is 32.1 Å². The second kappa shape index (κ2) is 9.33. The molecule has 162 valence electrons. The molecule has 0 saturated carbocycles. The number of hydrogen-bond acceptors (Lipinski definition) is 8. The van der Waals surface area contributed by atoms with Crippen LogP contribution < -0.4 is 4.90 Å². The summed E-state index contributed by atoms with van der Waals surface area (Å²) in [7, 11) is 3.80. The van der Waals surface area contributed by atoms with Gasteiger partial charge in [0.25, 0.3) is 17.3 Å². The van der Waals surface area contributed by atoms with Crippen molar-refractivity contribution in [2.45, 2.75) is 6.42 Å². The number of carbonyl (C=O) groups excluding carboxylic acids is 1. The van der Waals surface area contributed by atoms with E-state index in [2.05, 4.69) is 4.98 Å². The Balaban J connectivity index is 2.04. The Morgan fingerprint density at radius 2 is 1.71 bits per heavy atom. The van der Waals surface area contributed by atoms with Crippen molar-refractivity contribution >= 4 is 55.6 Å². The number of aromatic nitrogens is 1. The molecule has 12 heteroatoms. The first-order valence-corrected chi connectivity index (χ1v) is 10.3. The maximum absolute atomic E-state index is 13.3. The van der Waals surface area contributed by atoms with Gasteiger partial charge in [-0.05, 0) is 45.3 Å². The number of nitro benzene ring substituents is 2. The van der Waals surface area contributed by atoms with E-state index >= 15 is 0 Å². The third-order valence-corrected chi connectivity index (χ3v) is 5.65. The number of nitro groups is 2. The summed E-state index contributed by atoms with van der Waals surface area (Å²) >= 11 is 7.29. The van der Waals surface area contributed by atoms with Crippen molar-refractivity contribution in [3.63, 3.8) is 0 Å². The molecule has 0 atom stereocenters. The largest absolute Gasteiger partial charge is 0.309 e. The minimum atomic E-state index is -0.764. The Bertz CT molecular complexity index is 1130. The van der Waals surface area contributed by atoms with Gasteiger partial charge in [-0.2, -0.15) is 0 Å². The summed E-state index contributed by atoms with van der Waals surface area (Å²) < 4.78 is 0.776. The van der Waals surface area contributed by atoms with Gasteiger partial charge in [0.15, 0.2) is 5.13 Å². The van der Waals surface area contributed by atoms with Crippen LogP contribution in [0, 0.1) is 20.2 Å². The Hall–Kier alpha value is -3.15. The lowest BCUT2D eigenvalue weighted by atomic mass is 10.1. The van der Waals surface area contributed by atoms with Gasteiger partial charge in [0, 0.05) is 23.7 Å². The summed E-state index contributed by atoms with van der Waals surface area (Å²) in [6.45, 7) is 0.969. The highest BCUT2D eigenvalue weighted by molar-refractivity contribution is 7.22. The van der Waals surface area contributed by atoms with Crippen LogP contribution in [0.5, 0.6) is 0 Å². The fraction of sp³-hybridized carbons (Fsp3) is 0.263. The lowest BCUT2D eigenvalue weighted by Crippen LogP contribution is -2.33. The van der Waals surface area contributed by atoms with E-state index in [9.17, 15) is 25.0 Å². The summed E-state index contributed by atoms with van der Waals surface area (Å²) in [6.07, 6.45) is 0.604. The molecule has 2 aromatic carbocycles. The van der Waals surface area contributed by atoms with Crippen LogP contribution in [0.1, 0.15) is 16.8 Å². The van der Waals surface area contributed by atoms with Crippen molar-refractivity contribution in [1.29, 1.82) is 0 Å². The molecule has 0 aliphatic rings. The molecule has 0 saturated heterocycles. The number of non-ortho nitro benzene ring substituents is 2. The monoisotopic (exact) mass is 463 g/mol. The predicted octanol–water partition coefficient (Wildman–Crippen LogP) is 4.36. The molecule has 1 amide bonds. The fourth-order valence-electron chi connectivity index (χ4n) is 2.92. The summed E-state index contributed by atoms with van der Waals surface area (Å²) in [5.74, 6) is -0.601. The lowest BCUT2D eigenvalue weighted by molar-refractivity contribution is -0.394. The molecule has 0 aliphatic heterocycles. The number of anilines is 1. The van der Waals surface area contributed by atoms with Crippen molar-refractivity contribution < 1.29 is 14.6 Å². The van der Waals surface area contributed by atoms with Gasteiger partial charge in [-0.3, -0.25) is 29.9 Å². The zero-order valence-corrected chi connectivity index (χ0v) is 18.2. The predicted molar refractivity (Wildman–Crippen MR) is 119 cm³/mol. The quantitative estimate of drug-likeness (QED) is 0.359. The SMILES string of the molecule is CN(C)CCCN(C(=O)c1cc([N+](=O)[O-])cc([N+](=O)[O-])c1)c1nc2ccc(Cl)cc2s1. The number of nitrogens with zero attached hydrogens (tertiary/aromatic N) is 5. The van der Waals surface area contributed by atoms with Crippen LogP contribution in [0.2, 0.25) is 5.02 Å². The molecule has 1 aromatic heterocycles. The van der Waals surface area contributed by atoms with E-state index in [0.29, 0.717) is 28.6 Å². The molecule has 31 heavy (non-hydrogen) atoms. The highest BCUT2D eigenvalue weighted by Gasteiger charge is 2.26. The summed E-state index contributed by atoms with van der Waals surface area (Å²) in [6, 6.07) is 8.07. The summed E-state index contributed by atoms with van der Waals surface area (Å²) in [5, 5.41) is 23.3. The summed E-state index contributed by atoms with van der Waals surface area (Å²) in [4.78, 5) is 42.1. The zero-order valence-electron chi connectivity index (χ0n) is 16.6. The van der Waals surface area contributed by atoms with E-state index in [1.807, 2.05) is 19.0 Å². The molecule has 10 nitrogen and oxygen atoms in total. The molecule has 0 radical (unpaired) electrons. The van der Waals surface area contributed by atoms with E-state index in [4.69, 9.17) is 11.6 Å². The summed E-state index contributed by atoms with van der Waals surface area (Å²) in [5.41, 5.74) is -0.549. The third-order valence-electron chi connectivity index (χ3n) is 4.37. The highest BCUT2D eigenvalue weighted by atomic mass is 35.5. The van der Waals surface area contributed by atoms with Crippen molar-refractivity contribution in [3.05, 3.63) is 67.2 Å². The van der Waals surface area contributed by atoms with Gasteiger partial charge in [-0.25, -0.2) is 4.98 Å². The number of hydrogen-bond donors (Lipinski definition) is 0. The van der Waals surface area contributed by atoms with Crippen LogP contribution in [0.25, 0.3) is 10.2 Å². The first-order chi connectivity index (χ1) is 14.7. The first-order valence-electron chi connectivity index (χ1n) is 9.12. The van der Waals surface area contributed by atoms with Crippen LogP contribution in [0.4, 0.5) is 16.5 Å². The molecule has 0 unspecified atom stereocenters. The zero-order chi connectivity index (χ0) is 22.7. The van der Waals surface area contributed by atoms with Crippen LogP contribution in [-0.4, -0.2) is 52.8 Å². The minimum Gasteiger partial charge on any atom is -0.309 e. The fourth-order valence-corrected chi connectivity index (χ4v) is 4.18. The second-order valence-corrected chi connectivity index (χ2v) is 8.42. The maximum atomic E-state index is 13.3. The van der Waals surface area contributed by atoms with Gasteiger partial charge in [0.2, 0.25) is 0 Å². The maximum Gasteiger partial charge on any atom is 0.277 e. The normalized spacial score (nSPS) is 11.1. The molecule has 0 bridgehead atoms. The van der Waals surface area contributed by atoms with Crippen molar-refractivity contribution in [3.8, 4) is 0 Å². The highest BCUT2D eigenvalue weighted by Crippen LogP contribution is 2.32. The van der Waals surface area contributed by atoms with Gasteiger partial charge in [0.1, 0.15) is 0 Å². The molecular weight excluding hydrogens is 446 g/mol. The molecule has 0 N–H and O–H groups in total. The van der Waals surface area contributed by atoms with Crippen LogP contribution in [0.3, 0.4) is 0 Å². The van der Waals surface area contributed by atoms with E-state index in [-0.39, 0.29) is 12.1 Å². The molecular formula is C19H18ClN5O5S. The van der Waals surface area contributed by atoms with E-state index < -0.39 is 27.1 Å². The molecule has 0 aliphatic carbocycles. The number of halogens is 1. The Morgan fingerprint density at radius 3 is 2.29 bits per heavy atom. The minimum absolute atomic E-state index is 0.150. The molecule has 3 rings (SSSR count). The van der Waals surface area contributed by atoms with Gasteiger partial charge in [-0.1, -0.05) is 22.9 Å². The van der Waals surface area contributed by atoms with Crippen LogP contribution >= 0.6 is 22.9 Å². The first kappa shape index (κ1) is 22.5. The van der Waals surface area contributed by atoms with Crippen LogP contribution in [-0.2, 0) is 0 Å². The standard InChI is InChI=1S/C19H18ClN5O5S/c1-22(2)6-3-7-23(19-21-16-5-4-13(20)10-17(16)31-19)18(26)12-8-14(24(27)28)11-15(9-12)25(29)30/h4-5,8-11H,3,6-7H2,1-2H3. The number of amides is 1. The molecule has 3 aromatic rings. The number of rotatable bonds is 8. The molecule has 1 heterocycles. The number of benzene rings is 2. The topological polar surface area (TPSA) is 123 Å². The average Bonchev–Trinajstić information content (AvgIpc) is 3.12. The van der Waals surface area contributed by atoms with Crippen molar-refractivity contribution in [1.82, 2.24) is 9.88 Å². The average molecular weight is 464 g/mol. The van der Waals surface area contributed by atoms with E-state index in [1.54, 1.807) is 18.2 Å². The molecule has 0 fully saturated rings. The molecule has 0 spiro atoms. The number of thiazole rings is 1.